The summed E-state index contributed by atoms with van der Waals surface area (Å²) in [5.41, 5.74) is 0.898. The molecule has 3 heteroatoms. The van der Waals surface area contributed by atoms with Gasteiger partial charge in [0.05, 0.1) is 12.3 Å². The van der Waals surface area contributed by atoms with Gasteiger partial charge in [-0.1, -0.05) is 25.2 Å². The Balaban J connectivity index is 1.90. The molecule has 1 aromatic heterocycles. The summed E-state index contributed by atoms with van der Waals surface area (Å²) >= 11 is 5.61. The van der Waals surface area contributed by atoms with Gasteiger partial charge in [0.25, 0.3) is 0 Å². The number of ether oxygens (including phenoxy) is 1. The van der Waals surface area contributed by atoms with Gasteiger partial charge in [0.2, 0.25) is 0 Å². The Kier molecular flexibility index (Phi) is 6.21. The molecule has 108 valence electrons. The van der Waals surface area contributed by atoms with E-state index in [1.807, 2.05) is 6.07 Å². The maximum Gasteiger partial charge on any atom is 0.139 e. The van der Waals surface area contributed by atoms with Gasteiger partial charge in [-0.15, -0.1) is 11.6 Å². The van der Waals surface area contributed by atoms with Crippen LogP contribution in [-0.4, -0.2) is 17.0 Å². The summed E-state index contributed by atoms with van der Waals surface area (Å²) in [4.78, 5) is 4.20. The Morgan fingerprint density at radius 3 is 2.80 bits per heavy atom. The predicted octanol–water partition coefficient (Wildman–Crippen LogP) is 4.41. The molecule has 1 aromatic rings. The first-order chi connectivity index (χ1) is 9.81. The van der Waals surface area contributed by atoms with Crippen LogP contribution >= 0.6 is 11.6 Å². The van der Waals surface area contributed by atoms with Gasteiger partial charge >= 0.3 is 0 Å². The second kappa shape index (κ2) is 8.17. The van der Waals surface area contributed by atoms with Crippen LogP contribution in [0, 0.1) is 17.8 Å². The first kappa shape index (κ1) is 15.2. The van der Waals surface area contributed by atoms with Crippen LogP contribution in [0.3, 0.4) is 0 Å². The number of pyridine rings is 1. The van der Waals surface area contributed by atoms with Crippen molar-refractivity contribution in [1.82, 2.24) is 4.98 Å². The maximum absolute atomic E-state index is 6.04. The van der Waals surface area contributed by atoms with Crippen molar-refractivity contribution in [3.63, 3.8) is 0 Å². The summed E-state index contributed by atoms with van der Waals surface area (Å²) in [5.74, 6) is 8.37. The summed E-state index contributed by atoms with van der Waals surface area (Å²) in [5, 5.41) is 0. The van der Waals surface area contributed by atoms with E-state index >= 15 is 0 Å². The highest BCUT2D eigenvalue weighted by molar-refractivity contribution is 6.18. The predicted molar refractivity (Wildman–Crippen MR) is 83.1 cm³/mol. The molecule has 0 aromatic carbocycles. The van der Waals surface area contributed by atoms with Gasteiger partial charge in [-0.25, -0.2) is 0 Å². The number of hydrogen-bond acceptors (Lipinski definition) is 2. The molecule has 0 amide bonds. The topological polar surface area (TPSA) is 22.1 Å². The van der Waals surface area contributed by atoms with Gasteiger partial charge in [0.1, 0.15) is 5.75 Å². The molecule has 1 fully saturated rings. The molecule has 0 N–H and O–H groups in total. The molecule has 0 atom stereocenters. The van der Waals surface area contributed by atoms with E-state index < -0.39 is 0 Å². The second-order valence-electron chi connectivity index (χ2n) is 5.32. The Labute approximate surface area is 126 Å². The Morgan fingerprint density at radius 2 is 2.10 bits per heavy atom. The van der Waals surface area contributed by atoms with Crippen LogP contribution in [0.2, 0.25) is 0 Å². The van der Waals surface area contributed by atoms with Crippen molar-refractivity contribution in [2.24, 2.45) is 5.92 Å². The molecule has 0 unspecified atom stereocenters. The molecule has 2 nitrogen and oxygen atoms in total. The molecule has 0 aliphatic heterocycles. The van der Waals surface area contributed by atoms with E-state index in [1.165, 1.54) is 19.3 Å². The van der Waals surface area contributed by atoms with E-state index in [9.17, 15) is 0 Å². The molecule has 1 aliphatic rings. The van der Waals surface area contributed by atoms with Crippen LogP contribution in [0.15, 0.2) is 18.5 Å². The van der Waals surface area contributed by atoms with Crippen molar-refractivity contribution in [3.8, 4) is 17.6 Å². The van der Waals surface area contributed by atoms with E-state index in [-0.39, 0.29) is 0 Å². The number of nitrogens with zero attached hydrogens (tertiary/aromatic N) is 1. The quantitative estimate of drug-likeness (QED) is 0.605. The molecule has 1 saturated carbocycles. The summed E-state index contributed by atoms with van der Waals surface area (Å²) in [6.07, 6.45) is 10.7. The molecular weight excluding hydrogens is 270 g/mol. The standard InChI is InChI=1S/C17H22ClNO/c1-2-14-6-8-16(9-7-14)20-17-11-15(12-19-13-17)5-3-4-10-18/h11-14,16H,2,4,6-10H2,1H3. The number of halogens is 1. The zero-order valence-corrected chi connectivity index (χ0v) is 12.8. The minimum absolute atomic E-state index is 0.339. The van der Waals surface area contributed by atoms with Gasteiger partial charge < -0.3 is 4.74 Å². The smallest absolute Gasteiger partial charge is 0.139 e. The van der Waals surface area contributed by atoms with E-state index in [2.05, 4.69) is 23.7 Å². The monoisotopic (exact) mass is 291 g/mol. The third-order valence-corrected chi connectivity index (χ3v) is 4.03. The van der Waals surface area contributed by atoms with Crippen LogP contribution in [0.1, 0.15) is 51.0 Å². The van der Waals surface area contributed by atoms with Gasteiger partial charge in [-0.2, -0.15) is 0 Å². The first-order valence-electron chi connectivity index (χ1n) is 7.48. The highest BCUT2D eigenvalue weighted by Gasteiger charge is 2.21. The zero-order valence-electron chi connectivity index (χ0n) is 12.1. The third-order valence-electron chi connectivity index (χ3n) is 3.84. The number of aromatic nitrogens is 1. The van der Waals surface area contributed by atoms with Crippen LogP contribution < -0.4 is 4.74 Å². The van der Waals surface area contributed by atoms with Crippen molar-refractivity contribution in [2.45, 2.75) is 51.6 Å². The van der Waals surface area contributed by atoms with Crippen molar-refractivity contribution < 1.29 is 4.74 Å². The molecule has 0 bridgehead atoms. The van der Waals surface area contributed by atoms with Gasteiger partial charge in [-0.3, -0.25) is 4.98 Å². The molecule has 1 heterocycles. The summed E-state index contributed by atoms with van der Waals surface area (Å²) < 4.78 is 6.04. The minimum Gasteiger partial charge on any atom is -0.489 e. The Hall–Kier alpha value is -1.20. The normalized spacial score (nSPS) is 21.9. The van der Waals surface area contributed by atoms with Crippen LogP contribution in [0.25, 0.3) is 0 Å². The molecule has 0 radical (unpaired) electrons. The van der Waals surface area contributed by atoms with Gasteiger partial charge in [-0.05, 0) is 37.7 Å². The largest absolute Gasteiger partial charge is 0.489 e. The van der Waals surface area contributed by atoms with Crippen molar-refractivity contribution in [2.75, 3.05) is 5.88 Å². The van der Waals surface area contributed by atoms with Crippen LogP contribution in [0.5, 0.6) is 5.75 Å². The SMILES string of the molecule is CCC1CCC(Oc2cncc(C#CCCCl)c2)CC1. The molecule has 2 rings (SSSR count). The van der Waals surface area contributed by atoms with E-state index in [4.69, 9.17) is 16.3 Å². The Morgan fingerprint density at radius 1 is 1.30 bits per heavy atom. The summed E-state index contributed by atoms with van der Waals surface area (Å²) in [7, 11) is 0. The van der Waals surface area contributed by atoms with Crippen molar-refractivity contribution in [1.29, 1.82) is 0 Å². The molecule has 1 aliphatic carbocycles. The van der Waals surface area contributed by atoms with Gasteiger partial charge in [0.15, 0.2) is 0 Å². The van der Waals surface area contributed by atoms with Gasteiger partial charge in [0, 0.05) is 24.1 Å². The van der Waals surface area contributed by atoms with Crippen LogP contribution in [-0.2, 0) is 0 Å². The number of hydrogen-bond donors (Lipinski definition) is 0. The third kappa shape index (κ3) is 4.72. The Bertz CT molecular complexity index is 469. The zero-order chi connectivity index (χ0) is 14.2. The van der Waals surface area contributed by atoms with Crippen molar-refractivity contribution >= 4 is 11.6 Å². The highest BCUT2D eigenvalue weighted by atomic mass is 35.5. The molecule has 0 spiro atoms. The minimum atomic E-state index is 0.339. The lowest BCUT2D eigenvalue weighted by molar-refractivity contribution is 0.129. The lowest BCUT2D eigenvalue weighted by Crippen LogP contribution is -2.23. The average Bonchev–Trinajstić information content (AvgIpc) is 2.49. The fourth-order valence-electron chi connectivity index (χ4n) is 2.61. The van der Waals surface area contributed by atoms with E-state index in [0.717, 1.165) is 30.1 Å². The first-order valence-corrected chi connectivity index (χ1v) is 8.01. The second-order valence-corrected chi connectivity index (χ2v) is 5.70. The highest BCUT2D eigenvalue weighted by Crippen LogP contribution is 2.29. The summed E-state index contributed by atoms with van der Waals surface area (Å²) in [6, 6.07) is 1.97. The molecule has 0 saturated heterocycles. The van der Waals surface area contributed by atoms with Crippen molar-refractivity contribution in [3.05, 3.63) is 24.0 Å². The van der Waals surface area contributed by atoms with E-state index in [0.29, 0.717) is 18.4 Å². The number of rotatable bonds is 4. The lowest BCUT2D eigenvalue weighted by atomic mass is 9.86. The average molecular weight is 292 g/mol. The molecular formula is C17H22ClNO. The fourth-order valence-corrected chi connectivity index (χ4v) is 2.71. The number of alkyl halides is 1. The van der Waals surface area contributed by atoms with E-state index in [1.54, 1.807) is 12.4 Å². The molecule has 20 heavy (non-hydrogen) atoms. The summed E-state index contributed by atoms with van der Waals surface area (Å²) in [6.45, 7) is 2.28. The lowest BCUT2D eigenvalue weighted by Gasteiger charge is -2.28. The van der Waals surface area contributed by atoms with Crippen LogP contribution in [0.4, 0.5) is 0 Å². The fraction of sp³-hybridized carbons (Fsp3) is 0.588. The maximum atomic E-state index is 6.04.